The second-order valence-corrected chi connectivity index (χ2v) is 7.38. The summed E-state index contributed by atoms with van der Waals surface area (Å²) in [4.78, 5) is 14.1. The van der Waals surface area contributed by atoms with Gasteiger partial charge in [0.1, 0.15) is 0 Å². The van der Waals surface area contributed by atoms with Crippen molar-refractivity contribution < 1.29 is 0 Å². The number of imidazole rings is 1. The number of rotatable bonds is 8. The van der Waals surface area contributed by atoms with Crippen LogP contribution in [0, 0.1) is 0 Å². The van der Waals surface area contributed by atoms with Crippen molar-refractivity contribution in [3.63, 3.8) is 0 Å². The van der Waals surface area contributed by atoms with E-state index in [1.807, 2.05) is 47.9 Å². The lowest BCUT2D eigenvalue weighted by molar-refractivity contribution is 0.853. The molecule has 7 heteroatoms. The van der Waals surface area contributed by atoms with Gasteiger partial charge in [-0.1, -0.05) is 48.5 Å². The van der Waals surface area contributed by atoms with E-state index < -0.39 is 0 Å². The van der Waals surface area contributed by atoms with Crippen molar-refractivity contribution in [1.82, 2.24) is 19.5 Å². The highest BCUT2D eigenvalue weighted by Gasteiger charge is 2.17. The van der Waals surface area contributed by atoms with Crippen molar-refractivity contribution in [2.45, 2.75) is 19.8 Å². The molecule has 0 atom stereocenters. The van der Waals surface area contributed by atoms with Gasteiger partial charge >= 0.3 is 0 Å². The van der Waals surface area contributed by atoms with E-state index in [1.54, 1.807) is 0 Å². The van der Waals surface area contributed by atoms with Gasteiger partial charge in [-0.15, -0.1) is 0 Å². The van der Waals surface area contributed by atoms with Crippen LogP contribution >= 0.6 is 15.9 Å². The Labute approximate surface area is 178 Å². The van der Waals surface area contributed by atoms with Gasteiger partial charge in [0.25, 0.3) is 0 Å². The summed E-state index contributed by atoms with van der Waals surface area (Å²) in [5, 5.41) is 6.69. The predicted molar refractivity (Wildman–Crippen MR) is 122 cm³/mol. The smallest absolute Gasteiger partial charge is 0.226 e. The molecule has 0 aliphatic carbocycles. The summed E-state index contributed by atoms with van der Waals surface area (Å²) in [7, 11) is 0. The highest BCUT2D eigenvalue weighted by molar-refractivity contribution is 9.10. The Morgan fingerprint density at radius 1 is 0.897 bits per heavy atom. The minimum atomic E-state index is 0.603. The summed E-state index contributed by atoms with van der Waals surface area (Å²) < 4.78 is 2.70. The Bertz CT molecular complexity index is 1080. The molecule has 2 N–H and O–H groups in total. The first-order valence-corrected chi connectivity index (χ1v) is 10.6. The van der Waals surface area contributed by atoms with Crippen molar-refractivity contribution in [2.75, 3.05) is 23.7 Å². The highest BCUT2D eigenvalue weighted by atomic mass is 79.9. The third-order valence-electron chi connectivity index (χ3n) is 4.59. The predicted octanol–water partition coefficient (Wildman–Crippen LogP) is 5.05. The Morgan fingerprint density at radius 2 is 1.62 bits per heavy atom. The number of nitrogens with one attached hydrogen (secondary N) is 2. The van der Waals surface area contributed by atoms with Gasteiger partial charge in [-0.05, 0) is 53.4 Å². The summed E-state index contributed by atoms with van der Waals surface area (Å²) in [6, 6.07) is 20.6. The highest BCUT2D eigenvalue weighted by Crippen LogP contribution is 2.28. The molecule has 0 fully saturated rings. The summed E-state index contributed by atoms with van der Waals surface area (Å²) in [5.41, 5.74) is 3.85. The van der Waals surface area contributed by atoms with Crippen LogP contribution in [0.2, 0.25) is 0 Å². The number of para-hydroxylation sites is 1. The maximum Gasteiger partial charge on any atom is 0.226 e. The first-order chi connectivity index (χ1) is 14.3. The summed E-state index contributed by atoms with van der Waals surface area (Å²) in [6.45, 7) is 3.60. The molecule has 6 nitrogen and oxygen atoms in total. The monoisotopic (exact) mass is 450 g/mol. The first-order valence-electron chi connectivity index (χ1n) is 9.79. The number of aromatic nitrogens is 4. The minimum Gasteiger partial charge on any atom is -0.368 e. The molecule has 0 aliphatic rings. The van der Waals surface area contributed by atoms with Crippen LogP contribution in [0.15, 0.2) is 65.4 Å². The van der Waals surface area contributed by atoms with Crippen LogP contribution < -0.4 is 10.6 Å². The normalized spacial score (nSPS) is 11.0. The number of halogens is 1. The summed E-state index contributed by atoms with van der Waals surface area (Å²) in [6.07, 6.45) is 2.02. The Balaban J connectivity index is 1.60. The summed E-state index contributed by atoms with van der Waals surface area (Å²) >= 11 is 3.58. The number of hydrogen-bond donors (Lipinski definition) is 2. The van der Waals surface area contributed by atoms with Crippen LogP contribution in [-0.4, -0.2) is 32.6 Å². The Morgan fingerprint density at radius 3 is 2.34 bits per heavy atom. The van der Waals surface area contributed by atoms with E-state index in [0.717, 1.165) is 48.6 Å². The second kappa shape index (κ2) is 9.05. The molecule has 0 amide bonds. The van der Waals surface area contributed by atoms with Crippen molar-refractivity contribution in [2.24, 2.45) is 0 Å². The van der Waals surface area contributed by atoms with E-state index in [2.05, 4.69) is 60.8 Å². The van der Waals surface area contributed by atoms with E-state index in [4.69, 9.17) is 4.98 Å². The minimum absolute atomic E-state index is 0.603. The molecule has 2 aromatic carbocycles. The average Bonchev–Trinajstić information content (AvgIpc) is 3.09. The maximum absolute atomic E-state index is 4.77. The van der Waals surface area contributed by atoms with E-state index in [1.165, 1.54) is 5.56 Å². The molecule has 0 bridgehead atoms. The maximum atomic E-state index is 4.77. The van der Waals surface area contributed by atoms with Gasteiger partial charge in [0.15, 0.2) is 21.7 Å². The van der Waals surface area contributed by atoms with E-state index in [-0.39, 0.29) is 0 Å². The quantitative estimate of drug-likeness (QED) is 0.290. The average molecular weight is 451 g/mol. The second-order valence-electron chi connectivity index (χ2n) is 6.67. The third-order valence-corrected chi connectivity index (χ3v) is 5.12. The van der Waals surface area contributed by atoms with Crippen LogP contribution in [0.25, 0.3) is 16.9 Å². The topological polar surface area (TPSA) is 67.7 Å². The van der Waals surface area contributed by atoms with Crippen LogP contribution in [0.1, 0.15) is 18.9 Å². The zero-order valence-corrected chi connectivity index (χ0v) is 17.9. The lowest BCUT2D eigenvalue weighted by Crippen LogP contribution is -2.10. The number of nitrogens with zero attached hydrogens (tertiary/aromatic N) is 4. The van der Waals surface area contributed by atoms with E-state index >= 15 is 0 Å². The van der Waals surface area contributed by atoms with Gasteiger partial charge < -0.3 is 10.6 Å². The zero-order valence-electron chi connectivity index (χ0n) is 16.3. The van der Waals surface area contributed by atoms with Crippen LogP contribution in [0.3, 0.4) is 0 Å². The van der Waals surface area contributed by atoms with Crippen molar-refractivity contribution >= 4 is 38.9 Å². The number of hydrogen-bond acceptors (Lipinski definition) is 5. The number of benzene rings is 2. The Hall–Kier alpha value is -2.93. The molecule has 148 valence electrons. The molecule has 4 aromatic rings. The number of fused-ring (bicyclic) bond motifs is 1. The van der Waals surface area contributed by atoms with Gasteiger partial charge in [-0.3, -0.25) is 4.57 Å². The third kappa shape index (κ3) is 4.40. The van der Waals surface area contributed by atoms with Crippen molar-refractivity contribution in [3.05, 3.63) is 71.0 Å². The molecular weight excluding hydrogens is 428 g/mol. The molecule has 0 radical (unpaired) electrons. The van der Waals surface area contributed by atoms with E-state index in [0.29, 0.717) is 10.7 Å². The lowest BCUT2D eigenvalue weighted by Gasteiger charge is -2.10. The number of anilines is 2. The fraction of sp³-hybridized carbons (Fsp3) is 0.227. The number of aryl methyl sites for hydroxylation is 1. The molecule has 0 unspecified atom stereocenters. The molecular formula is C22H23BrN6. The lowest BCUT2D eigenvalue weighted by atomic mass is 10.1. The molecule has 0 saturated heterocycles. The standard InChI is InChI=1S/C22H23BrN6/c1-2-24-19-18-20(29(21(23)26-18)17-13-7-4-8-14-17)28-22(27-19)25-15-9-12-16-10-5-3-6-11-16/h3-8,10-11,13-14H,2,9,12,15H2,1H3,(H2,24,25,27,28). The molecule has 0 spiro atoms. The fourth-order valence-electron chi connectivity index (χ4n) is 3.24. The van der Waals surface area contributed by atoms with Gasteiger partial charge in [-0.25, -0.2) is 4.98 Å². The molecule has 4 rings (SSSR count). The molecule has 0 saturated carbocycles. The van der Waals surface area contributed by atoms with Gasteiger partial charge in [0, 0.05) is 18.8 Å². The van der Waals surface area contributed by atoms with Gasteiger partial charge in [0.05, 0.1) is 0 Å². The summed E-state index contributed by atoms with van der Waals surface area (Å²) in [5.74, 6) is 1.34. The first kappa shape index (κ1) is 19.4. The molecule has 0 aliphatic heterocycles. The van der Waals surface area contributed by atoms with Crippen LogP contribution in [0.5, 0.6) is 0 Å². The fourth-order valence-corrected chi connectivity index (χ4v) is 3.79. The molecule has 29 heavy (non-hydrogen) atoms. The largest absolute Gasteiger partial charge is 0.368 e. The van der Waals surface area contributed by atoms with Gasteiger partial charge in [0.2, 0.25) is 5.95 Å². The van der Waals surface area contributed by atoms with Crippen LogP contribution in [-0.2, 0) is 6.42 Å². The zero-order chi connectivity index (χ0) is 20.1. The van der Waals surface area contributed by atoms with Crippen LogP contribution in [0.4, 0.5) is 11.8 Å². The van der Waals surface area contributed by atoms with Gasteiger partial charge in [-0.2, -0.15) is 9.97 Å². The van der Waals surface area contributed by atoms with Crippen molar-refractivity contribution in [3.8, 4) is 5.69 Å². The Kier molecular flexibility index (Phi) is 6.05. The SMILES string of the molecule is CCNc1nc(NCCCc2ccccc2)nc2c1nc(Br)n2-c1ccccc1. The van der Waals surface area contributed by atoms with Crippen molar-refractivity contribution in [1.29, 1.82) is 0 Å². The van der Waals surface area contributed by atoms with E-state index in [9.17, 15) is 0 Å². The molecule has 2 heterocycles. The molecule has 2 aromatic heterocycles.